The van der Waals surface area contributed by atoms with Gasteiger partial charge in [0.1, 0.15) is 0 Å². The average molecular weight is 311 g/mol. The smallest absolute Gasteiger partial charge is 0.233 e. The van der Waals surface area contributed by atoms with Crippen molar-refractivity contribution >= 4 is 18.3 Å². The minimum absolute atomic E-state index is 0. The first kappa shape index (κ1) is 18.0. The zero-order chi connectivity index (χ0) is 14.6. The summed E-state index contributed by atoms with van der Waals surface area (Å²) in [6.45, 7) is 6.59. The Morgan fingerprint density at radius 2 is 1.90 bits per heavy atom. The van der Waals surface area contributed by atoms with Crippen molar-refractivity contribution in [1.82, 2.24) is 4.90 Å². The van der Waals surface area contributed by atoms with Crippen molar-refractivity contribution < 1.29 is 4.79 Å². The Balaban J connectivity index is 0.00000220. The lowest BCUT2D eigenvalue weighted by Gasteiger charge is -2.35. The van der Waals surface area contributed by atoms with Crippen molar-refractivity contribution in [2.75, 3.05) is 19.6 Å². The van der Waals surface area contributed by atoms with Crippen molar-refractivity contribution in [3.8, 4) is 0 Å². The molecule has 2 rings (SSSR count). The predicted molar refractivity (Wildman–Crippen MR) is 89.7 cm³/mol. The van der Waals surface area contributed by atoms with Crippen LogP contribution >= 0.6 is 12.4 Å². The first-order chi connectivity index (χ1) is 9.67. The number of rotatable bonds is 5. The van der Waals surface area contributed by atoms with Gasteiger partial charge in [0.15, 0.2) is 0 Å². The van der Waals surface area contributed by atoms with E-state index < -0.39 is 0 Å². The molecule has 118 valence electrons. The zero-order valence-electron chi connectivity index (χ0n) is 13.0. The van der Waals surface area contributed by atoms with Crippen molar-refractivity contribution in [3.63, 3.8) is 0 Å². The maximum atomic E-state index is 13.1. The van der Waals surface area contributed by atoms with E-state index in [2.05, 4.69) is 26.0 Å². The minimum Gasteiger partial charge on any atom is -0.342 e. The highest BCUT2D eigenvalue weighted by atomic mass is 35.5. The fraction of sp³-hybridized carbons (Fsp3) is 0.588. The van der Waals surface area contributed by atoms with Gasteiger partial charge in [-0.3, -0.25) is 4.79 Å². The molecular weight excluding hydrogens is 284 g/mol. The molecule has 21 heavy (non-hydrogen) atoms. The molecule has 1 atom stereocenters. The molecule has 4 heteroatoms. The standard InChI is InChI=1S/C17H26N2O.ClH/c1-3-17(4-2,15-8-6-5-7-9-15)16(20)19-11-10-14(12-18)13-19;/h5-9,14H,3-4,10-13,18H2,1-2H3;1H. The summed E-state index contributed by atoms with van der Waals surface area (Å²) in [5, 5.41) is 0. The van der Waals surface area contributed by atoms with Crippen LogP contribution in [0.1, 0.15) is 38.7 Å². The third kappa shape index (κ3) is 3.41. The molecule has 1 aromatic carbocycles. The summed E-state index contributed by atoms with van der Waals surface area (Å²) < 4.78 is 0. The van der Waals surface area contributed by atoms with E-state index in [4.69, 9.17) is 5.73 Å². The van der Waals surface area contributed by atoms with Crippen LogP contribution in [0, 0.1) is 5.92 Å². The van der Waals surface area contributed by atoms with Crippen LogP contribution in [0.15, 0.2) is 30.3 Å². The molecule has 1 aromatic rings. The first-order valence-electron chi connectivity index (χ1n) is 7.73. The van der Waals surface area contributed by atoms with Crippen LogP contribution in [0.3, 0.4) is 0 Å². The molecule has 1 fully saturated rings. The highest BCUT2D eigenvalue weighted by Gasteiger charge is 2.41. The lowest BCUT2D eigenvalue weighted by Crippen LogP contribution is -2.45. The molecule has 1 amide bonds. The van der Waals surface area contributed by atoms with Crippen LogP contribution in [0.5, 0.6) is 0 Å². The Labute approximate surface area is 134 Å². The lowest BCUT2D eigenvalue weighted by molar-refractivity contribution is -0.137. The molecule has 2 N–H and O–H groups in total. The molecule has 0 spiro atoms. The largest absolute Gasteiger partial charge is 0.342 e. The number of amides is 1. The van der Waals surface area contributed by atoms with Crippen molar-refractivity contribution in [2.24, 2.45) is 11.7 Å². The number of nitrogens with zero attached hydrogens (tertiary/aromatic N) is 1. The van der Waals surface area contributed by atoms with E-state index in [1.165, 1.54) is 0 Å². The Bertz CT molecular complexity index is 445. The number of likely N-dealkylation sites (tertiary alicyclic amines) is 1. The van der Waals surface area contributed by atoms with E-state index in [1.54, 1.807) is 0 Å². The average Bonchev–Trinajstić information content (AvgIpc) is 2.99. The lowest BCUT2D eigenvalue weighted by atomic mass is 9.74. The van der Waals surface area contributed by atoms with Crippen LogP contribution in [0.4, 0.5) is 0 Å². The SMILES string of the molecule is CCC(CC)(C(=O)N1CCC(CN)C1)c1ccccc1.Cl. The second-order valence-electron chi connectivity index (χ2n) is 5.80. The van der Waals surface area contributed by atoms with Crippen LogP contribution < -0.4 is 5.73 Å². The van der Waals surface area contributed by atoms with Gasteiger partial charge in [0.05, 0.1) is 5.41 Å². The summed E-state index contributed by atoms with van der Waals surface area (Å²) in [7, 11) is 0. The monoisotopic (exact) mass is 310 g/mol. The first-order valence-corrected chi connectivity index (χ1v) is 7.73. The molecule has 3 nitrogen and oxygen atoms in total. The number of benzene rings is 1. The summed E-state index contributed by atoms with van der Waals surface area (Å²) in [5.74, 6) is 0.755. The topological polar surface area (TPSA) is 46.3 Å². The van der Waals surface area contributed by atoms with E-state index in [-0.39, 0.29) is 23.7 Å². The molecule has 1 heterocycles. The van der Waals surface area contributed by atoms with Gasteiger partial charge in [0, 0.05) is 13.1 Å². The van der Waals surface area contributed by atoms with Gasteiger partial charge in [0.25, 0.3) is 0 Å². The highest BCUT2D eigenvalue weighted by Crippen LogP contribution is 2.35. The molecule has 1 unspecified atom stereocenters. The Hall–Kier alpha value is -1.06. The second-order valence-corrected chi connectivity index (χ2v) is 5.80. The molecule has 1 aliphatic rings. The molecule has 0 bridgehead atoms. The van der Waals surface area contributed by atoms with Crippen molar-refractivity contribution in [1.29, 1.82) is 0 Å². The van der Waals surface area contributed by atoms with Gasteiger partial charge in [-0.15, -0.1) is 12.4 Å². The zero-order valence-corrected chi connectivity index (χ0v) is 13.9. The fourth-order valence-electron chi connectivity index (χ4n) is 3.35. The second kappa shape index (κ2) is 7.81. The van der Waals surface area contributed by atoms with Gasteiger partial charge < -0.3 is 10.6 Å². The minimum atomic E-state index is -0.370. The van der Waals surface area contributed by atoms with Gasteiger partial charge in [-0.05, 0) is 37.3 Å². The highest BCUT2D eigenvalue weighted by molar-refractivity contribution is 5.88. The van der Waals surface area contributed by atoms with Crippen molar-refractivity contribution in [2.45, 2.75) is 38.5 Å². The number of halogens is 1. The maximum Gasteiger partial charge on any atom is 0.233 e. The van der Waals surface area contributed by atoms with Gasteiger partial charge in [-0.2, -0.15) is 0 Å². The number of carbonyl (C=O) groups is 1. The fourth-order valence-corrected chi connectivity index (χ4v) is 3.35. The van der Waals surface area contributed by atoms with Crippen LogP contribution in [-0.4, -0.2) is 30.4 Å². The summed E-state index contributed by atoms with van der Waals surface area (Å²) in [5.41, 5.74) is 6.52. The number of carbonyl (C=O) groups excluding carboxylic acids is 1. The normalized spacial score (nSPS) is 18.4. The Morgan fingerprint density at radius 1 is 1.29 bits per heavy atom. The maximum absolute atomic E-state index is 13.1. The Morgan fingerprint density at radius 3 is 2.38 bits per heavy atom. The van der Waals surface area contributed by atoms with Crippen LogP contribution in [0.2, 0.25) is 0 Å². The summed E-state index contributed by atoms with van der Waals surface area (Å²) in [6, 6.07) is 10.2. The molecule has 1 saturated heterocycles. The third-order valence-corrected chi connectivity index (χ3v) is 4.85. The van der Waals surface area contributed by atoms with Crippen molar-refractivity contribution in [3.05, 3.63) is 35.9 Å². The molecule has 0 saturated carbocycles. The molecule has 1 aliphatic heterocycles. The van der Waals surface area contributed by atoms with Gasteiger partial charge >= 0.3 is 0 Å². The van der Waals surface area contributed by atoms with E-state index in [0.29, 0.717) is 12.5 Å². The summed E-state index contributed by atoms with van der Waals surface area (Å²) in [4.78, 5) is 15.1. The summed E-state index contributed by atoms with van der Waals surface area (Å²) >= 11 is 0. The molecule has 0 radical (unpaired) electrons. The number of hydrogen-bond donors (Lipinski definition) is 1. The van der Waals surface area contributed by atoms with Crippen LogP contribution in [0.25, 0.3) is 0 Å². The Kier molecular flexibility index (Phi) is 6.69. The van der Waals surface area contributed by atoms with E-state index in [9.17, 15) is 4.79 Å². The predicted octanol–water partition coefficient (Wildman–Crippen LogP) is 2.97. The van der Waals surface area contributed by atoms with E-state index >= 15 is 0 Å². The number of nitrogens with two attached hydrogens (primary N) is 1. The molecule has 0 aliphatic carbocycles. The van der Waals surface area contributed by atoms with E-state index in [1.807, 2.05) is 23.1 Å². The van der Waals surface area contributed by atoms with Gasteiger partial charge in [0.2, 0.25) is 5.91 Å². The molecule has 0 aromatic heterocycles. The quantitative estimate of drug-likeness (QED) is 0.909. The summed E-state index contributed by atoms with van der Waals surface area (Å²) in [6.07, 6.45) is 2.73. The number of hydrogen-bond acceptors (Lipinski definition) is 2. The van der Waals surface area contributed by atoms with Crippen LogP contribution in [-0.2, 0) is 10.2 Å². The van der Waals surface area contributed by atoms with Gasteiger partial charge in [-0.1, -0.05) is 44.2 Å². The molecular formula is C17H27ClN2O. The third-order valence-electron chi connectivity index (χ3n) is 4.85. The van der Waals surface area contributed by atoms with E-state index in [0.717, 1.165) is 37.9 Å². The van der Waals surface area contributed by atoms with Gasteiger partial charge in [-0.25, -0.2) is 0 Å².